The van der Waals surface area contributed by atoms with E-state index in [9.17, 15) is 0 Å². The van der Waals surface area contributed by atoms with E-state index >= 15 is 0 Å². The molecule has 0 radical (unpaired) electrons. The molecule has 2 unspecified atom stereocenters. The minimum absolute atomic E-state index is 0.231. The van der Waals surface area contributed by atoms with Crippen LogP contribution in [0.25, 0.3) is 0 Å². The van der Waals surface area contributed by atoms with Gasteiger partial charge in [0.1, 0.15) is 7.42 Å². The Kier molecular flexibility index (Phi) is 5.91. The van der Waals surface area contributed by atoms with E-state index in [0.717, 1.165) is 6.42 Å². The van der Waals surface area contributed by atoms with Gasteiger partial charge in [0, 0.05) is 0 Å². The largest absolute Gasteiger partial charge is 0.130 e. The molecule has 0 aliphatic carbocycles. The molecule has 0 aliphatic rings. The van der Waals surface area contributed by atoms with Gasteiger partial charge in [-0.1, -0.05) is 95.3 Å². The quantitative estimate of drug-likeness (QED) is 0.403. The summed E-state index contributed by atoms with van der Waals surface area (Å²) in [6.45, 7) is 12.1. The second kappa shape index (κ2) is 7.35. The number of halogens is 1. The third-order valence-electron chi connectivity index (χ3n) is 5.38. The first kappa shape index (κ1) is 18.5. The highest BCUT2D eigenvalue weighted by molar-refractivity contribution is 9.24. The molecule has 0 bridgehead atoms. The summed E-state index contributed by atoms with van der Waals surface area (Å²) in [4.78, 5) is 0. The zero-order chi connectivity index (χ0) is 17.1. The van der Waals surface area contributed by atoms with Gasteiger partial charge in [-0.25, -0.2) is 0 Å². The Bertz CT molecular complexity index is 604. The van der Waals surface area contributed by atoms with E-state index in [0.29, 0.717) is 5.54 Å². The fourth-order valence-corrected chi connectivity index (χ4v) is 8.94. The molecule has 0 saturated heterocycles. The normalized spacial score (nSPS) is 15.2. The van der Waals surface area contributed by atoms with Crippen molar-refractivity contribution in [1.29, 1.82) is 0 Å². The average molecular weight is 389 g/mol. The number of benzene rings is 2. The highest BCUT2D eigenvalue weighted by Gasteiger charge is 2.41. The molecule has 0 aliphatic heterocycles. The number of rotatable bonds is 6. The molecule has 0 nitrogen and oxygen atoms in total. The Morgan fingerprint density at radius 2 is 1.35 bits per heavy atom. The van der Waals surface area contributed by atoms with Crippen molar-refractivity contribution in [2.45, 2.75) is 51.6 Å². The lowest BCUT2D eigenvalue weighted by atomic mass is 9.83. The van der Waals surface area contributed by atoms with Crippen LogP contribution in [0.4, 0.5) is 0 Å². The molecule has 2 aromatic carbocycles. The van der Waals surface area contributed by atoms with Crippen molar-refractivity contribution in [3.8, 4) is 0 Å². The zero-order valence-electron chi connectivity index (χ0n) is 15.0. The minimum Gasteiger partial charge on any atom is -0.130 e. The molecule has 0 spiro atoms. The maximum absolute atomic E-state index is 4.19. The van der Waals surface area contributed by atoms with Crippen molar-refractivity contribution in [1.82, 2.24) is 0 Å². The molecule has 0 heterocycles. The fourth-order valence-electron chi connectivity index (χ4n) is 3.33. The molecule has 0 aromatic heterocycles. The van der Waals surface area contributed by atoms with E-state index < -0.39 is 7.42 Å². The predicted molar refractivity (Wildman–Crippen MR) is 109 cm³/mol. The van der Waals surface area contributed by atoms with Crippen molar-refractivity contribution >= 4 is 22.7 Å². The van der Waals surface area contributed by atoms with Gasteiger partial charge in [0.15, 0.2) is 0 Å². The molecule has 2 rings (SSSR count). The van der Waals surface area contributed by atoms with Gasteiger partial charge in [-0.05, 0) is 33.5 Å². The predicted octanol–water partition coefficient (Wildman–Crippen LogP) is 6.28. The summed E-state index contributed by atoms with van der Waals surface area (Å²) in [6.07, 6.45) is 1.13. The van der Waals surface area contributed by atoms with Crippen molar-refractivity contribution in [3.63, 3.8) is 0 Å². The van der Waals surface area contributed by atoms with Gasteiger partial charge in [-0.15, -0.1) is 15.3 Å². The molecular weight excluding hydrogens is 360 g/mol. The molecule has 0 fully saturated rings. The summed E-state index contributed by atoms with van der Waals surface area (Å²) < 4.78 is 0. The summed E-state index contributed by atoms with van der Waals surface area (Å²) in [7, 11) is -1.19. The van der Waals surface area contributed by atoms with Gasteiger partial charge in [-0.3, -0.25) is 0 Å². The van der Waals surface area contributed by atoms with Crippen LogP contribution >= 0.6 is 15.3 Å². The lowest BCUT2D eigenvalue weighted by Crippen LogP contribution is -2.41. The maximum atomic E-state index is 4.19. The van der Waals surface area contributed by atoms with Crippen LogP contribution in [0, 0.1) is 5.41 Å². The topological polar surface area (TPSA) is 0 Å². The summed E-state index contributed by atoms with van der Waals surface area (Å²) in [5.41, 5.74) is 3.86. The molecule has 2 heteroatoms. The van der Waals surface area contributed by atoms with Gasteiger partial charge >= 0.3 is 0 Å². The van der Waals surface area contributed by atoms with Crippen molar-refractivity contribution in [2.75, 3.05) is 0 Å². The van der Waals surface area contributed by atoms with E-state index in [4.69, 9.17) is 0 Å². The van der Waals surface area contributed by atoms with Crippen LogP contribution in [0.2, 0.25) is 5.54 Å². The second-order valence-corrected chi connectivity index (χ2v) is 14.1. The molecule has 23 heavy (non-hydrogen) atoms. The number of hydrogen-bond acceptors (Lipinski definition) is 0. The van der Waals surface area contributed by atoms with E-state index in [-0.39, 0.29) is 10.5 Å². The standard InChI is InChI=1S/C21H29BrSi/c1-17(20(2,3)16-18-12-8-6-9-13-18)23(22)21(4,5)19-14-10-7-11-15-19/h6-15,17,23H,16H2,1-5H3. The van der Waals surface area contributed by atoms with Crippen LogP contribution < -0.4 is 0 Å². The van der Waals surface area contributed by atoms with E-state index in [1.165, 1.54) is 11.1 Å². The SMILES string of the molecule is CC([SiH](Br)C(C)(C)c1ccccc1)C(C)(C)Cc1ccccc1. The van der Waals surface area contributed by atoms with Crippen molar-refractivity contribution in [2.24, 2.45) is 5.41 Å². The highest BCUT2D eigenvalue weighted by Crippen LogP contribution is 2.45. The Morgan fingerprint density at radius 1 is 0.870 bits per heavy atom. The van der Waals surface area contributed by atoms with Crippen LogP contribution in [-0.4, -0.2) is 7.42 Å². The fraction of sp³-hybridized carbons (Fsp3) is 0.429. The van der Waals surface area contributed by atoms with E-state index in [1.807, 2.05) is 0 Å². The molecular formula is C21H29BrSi. The lowest BCUT2D eigenvalue weighted by Gasteiger charge is -2.41. The molecule has 0 saturated carbocycles. The first-order valence-electron chi connectivity index (χ1n) is 8.48. The summed E-state index contributed by atoms with van der Waals surface area (Å²) in [5, 5.41) is 0.231. The third kappa shape index (κ3) is 4.36. The minimum atomic E-state index is -1.19. The van der Waals surface area contributed by atoms with E-state index in [2.05, 4.69) is 111 Å². The average Bonchev–Trinajstić information content (AvgIpc) is 2.54. The van der Waals surface area contributed by atoms with Gasteiger partial charge in [0.2, 0.25) is 0 Å². The summed E-state index contributed by atoms with van der Waals surface area (Å²) in [5.74, 6) is 0. The van der Waals surface area contributed by atoms with Crippen LogP contribution in [0.15, 0.2) is 60.7 Å². The first-order valence-corrected chi connectivity index (χ1v) is 12.9. The van der Waals surface area contributed by atoms with Gasteiger partial charge in [0.05, 0.1) is 0 Å². The van der Waals surface area contributed by atoms with Crippen LogP contribution in [-0.2, 0) is 11.5 Å². The second-order valence-electron chi connectivity index (χ2n) is 7.93. The molecule has 0 N–H and O–H groups in total. The Morgan fingerprint density at radius 3 is 1.87 bits per heavy atom. The van der Waals surface area contributed by atoms with Gasteiger partial charge in [-0.2, -0.15) is 0 Å². The lowest BCUT2D eigenvalue weighted by molar-refractivity contribution is 0.342. The third-order valence-corrected chi connectivity index (χ3v) is 14.7. The van der Waals surface area contributed by atoms with Crippen LogP contribution in [0.5, 0.6) is 0 Å². The van der Waals surface area contributed by atoms with Crippen molar-refractivity contribution in [3.05, 3.63) is 71.8 Å². The highest BCUT2D eigenvalue weighted by atomic mass is 79.9. The molecule has 124 valence electrons. The maximum Gasteiger partial charge on any atom is 0.127 e. The first-order chi connectivity index (χ1) is 10.7. The summed E-state index contributed by atoms with van der Waals surface area (Å²) >= 11 is 4.19. The van der Waals surface area contributed by atoms with Gasteiger partial charge < -0.3 is 0 Å². The molecule has 2 aromatic rings. The molecule has 0 amide bonds. The van der Waals surface area contributed by atoms with E-state index in [1.54, 1.807) is 0 Å². The van der Waals surface area contributed by atoms with Gasteiger partial charge in [0.25, 0.3) is 0 Å². The van der Waals surface area contributed by atoms with Crippen LogP contribution in [0.1, 0.15) is 45.7 Å². The van der Waals surface area contributed by atoms with Crippen LogP contribution in [0.3, 0.4) is 0 Å². The Labute approximate surface area is 151 Å². The van der Waals surface area contributed by atoms with Crippen molar-refractivity contribution < 1.29 is 0 Å². The zero-order valence-corrected chi connectivity index (χ0v) is 17.8. The Hall–Kier alpha value is -0.863. The smallest absolute Gasteiger partial charge is 0.127 e. The summed E-state index contributed by atoms with van der Waals surface area (Å²) in [6, 6.07) is 21.9. The molecule has 2 atom stereocenters. The number of hydrogen-bond donors (Lipinski definition) is 0. The Balaban J connectivity index is 2.19. The monoisotopic (exact) mass is 388 g/mol.